The van der Waals surface area contributed by atoms with Gasteiger partial charge < -0.3 is 25.4 Å². The number of likely N-dealkylation sites (tertiary alicyclic amines) is 1. The minimum absolute atomic E-state index is 0.0545. The number of hydrogen-bond acceptors (Lipinski definition) is 8. The van der Waals surface area contributed by atoms with E-state index < -0.39 is 30.1 Å². The Morgan fingerprint density at radius 2 is 1.71 bits per heavy atom. The second kappa shape index (κ2) is 19.5. The van der Waals surface area contributed by atoms with Gasteiger partial charge in [0.1, 0.15) is 22.8 Å². The van der Waals surface area contributed by atoms with Crippen molar-refractivity contribution >= 4 is 35.0 Å². The Labute approximate surface area is 307 Å². The predicted molar refractivity (Wildman–Crippen MR) is 199 cm³/mol. The number of aromatic nitrogens is 1. The number of nitrogens with one attached hydrogen (secondary N) is 2. The van der Waals surface area contributed by atoms with Crippen molar-refractivity contribution in [1.29, 1.82) is 0 Å². The lowest BCUT2D eigenvalue weighted by molar-refractivity contribution is -0.141. The van der Waals surface area contributed by atoms with E-state index in [1.807, 2.05) is 56.3 Å². The van der Waals surface area contributed by atoms with Crippen LogP contribution in [-0.4, -0.2) is 95.0 Å². The Bertz CT molecular complexity index is 1430. The van der Waals surface area contributed by atoms with Crippen molar-refractivity contribution in [3.8, 4) is 0 Å². The van der Waals surface area contributed by atoms with Gasteiger partial charge in [-0.15, -0.1) is 11.3 Å². The van der Waals surface area contributed by atoms with Crippen molar-refractivity contribution in [1.82, 2.24) is 25.4 Å². The van der Waals surface area contributed by atoms with Crippen molar-refractivity contribution in [3.63, 3.8) is 0 Å². The summed E-state index contributed by atoms with van der Waals surface area (Å²) in [6, 6.07) is 8.30. The average Bonchev–Trinajstić information content (AvgIpc) is 3.82. The van der Waals surface area contributed by atoms with Crippen LogP contribution in [0.2, 0.25) is 0 Å². The fraction of sp³-hybridized carbons (Fsp3) is 0.667. The van der Waals surface area contributed by atoms with Crippen LogP contribution in [0.5, 0.6) is 0 Å². The van der Waals surface area contributed by atoms with Crippen LogP contribution in [0.25, 0.3) is 0 Å². The van der Waals surface area contributed by atoms with E-state index in [0.29, 0.717) is 24.5 Å². The van der Waals surface area contributed by atoms with Gasteiger partial charge >= 0.3 is 5.97 Å². The Balaban J connectivity index is 1.49. The number of likely N-dealkylation sites (N-methyl/N-ethyl adjacent to an activating group) is 2. The van der Waals surface area contributed by atoms with Gasteiger partial charge in [-0.3, -0.25) is 24.1 Å². The summed E-state index contributed by atoms with van der Waals surface area (Å²) >= 11 is 1.34. The molecule has 1 saturated heterocycles. The quantitative estimate of drug-likeness (QED) is 0.178. The van der Waals surface area contributed by atoms with E-state index in [-0.39, 0.29) is 53.8 Å². The van der Waals surface area contributed by atoms with Gasteiger partial charge in [0.2, 0.25) is 11.8 Å². The molecule has 282 valence electrons. The monoisotopic (exact) mass is 725 g/mol. The summed E-state index contributed by atoms with van der Waals surface area (Å²) < 4.78 is 6.22. The lowest BCUT2D eigenvalue weighted by Crippen LogP contribution is -2.58. The molecule has 1 aliphatic carbocycles. The average molecular weight is 726 g/mol. The molecule has 4 rings (SSSR count). The molecule has 1 aliphatic heterocycles. The second-order valence-corrected chi connectivity index (χ2v) is 15.8. The molecule has 2 heterocycles. The summed E-state index contributed by atoms with van der Waals surface area (Å²) in [5.74, 6) is -1.83. The van der Waals surface area contributed by atoms with Crippen molar-refractivity contribution in [2.75, 3.05) is 27.2 Å². The summed E-state index contributed by atoms with van der Waals surface area (Å²) in [4.78, 5) is 61.7. The molecule has 11 nitrogen and oxygen atoms in total. The van der Waals surface area contributed by atoms with Crippen molar-refractivity contribution in [2.45, 2.75) is 122 Å². The molecule has 0 radical (unpaired) electrons. The molecule has 51 heavy (non-hydrogen) atoms. The van der Waals surface area contributed by atoms with Crippen LogP contribution < -0.4 is 10.6 Å². The fourth-order valence-electron chi connectivity index (χ4n) is 7.67. The molecule has 1 saturated carbocycles. The first-order chi connectivity index (χ1) is 24.4. The van der Waals surface area contributed by atoms with Crippen LogP contribution >= 0.6 is 11.3 Å². The van der Waals surface area contributed by atoms with Gasteiger partial charge in [0.15, 0.2) is 0 Å². The Kier molecular flexibility index (Phi) is 15.4. The van der Waals surface area contributed by atoms with E-state index in [9.17, 15) is 24.3 Å². The topological polar surface area (TPSA) is 141 Å². The largest absolute Gasteiger partial charge is 0.481 e. The number of carboxylic acids is 1. The summed E-state index contributed by atoms with van der Waals surface area (Å²) in [6.45, 7) is 9.04. The molecule has 0 bridgehead atoms. The number of piperidine rings is 1. The number of carboxylic acid groups (broad SMARTS) is 1. The van der Waals surface area contributed by atoms with Gasteiger partial charge in [0.25, 0.3) is 5.91 Å². The van der Waals surface area contributed by atoms with Crippen LogP contribution in [0.1, 0.15) is 113 Å². The molecule has 2 unspecified atom stereocenters. The molecule has 3 N–H and O–H groups in total. The van der Waals surface area contributed by atoms with Crippen LogP contribution in [0.4, 0.5) is 0 Å². The highest BCUT2D eigenvalue weighted by molar-refractivity contribution is 7.09. The molecule has 12 heteroatoms. The normalized spacial score (nSPS) is 19.9. The first kappa shape index (κ1) is 40.4. The lowest BCUT2D eigenvalue weighted by Gasteiger charge is -2.38. The highest BCUT2D eigenvalue weighted by Gasteiger charge is 2.39. The van der Waals surface area contributed by atoms with Gasteiger partial charge in [-0.25, -0.2) is 4.98 Å². The van der Waals surface area contributed by atoms with E-state index in [0.717, 1.165) is 57.1 Å². The molecular formula is C39H59N5O6S. The number of aliphatic carboxylic acids is 1. The highest BCUT2D eigenvalue weighted by atomic mass is 32.1. The number of ether oxygens (including phenoxy) is 1. The molecular weight excluding hydrogens is 667 g/mol. The summed E-state index contributed by atoms with van der Waals surface area (Å²) in [6.07, 6.45) is 7.66. The van der Waals surface area contributed by atoms with Crippen molar-refractivity contribution in [2.24, 2.45) is 17.8 Å². The van der Waals surface area contributed by atoms with Gasteiger partial charge in [0.05, 0.1) is 12.0 Å². The Hall–Kier alpha value is -3.35. The van der Waals surface area contributed by atoms with E-state index in [4.69, 9.17) is 9.72 Å². The van der Waals surface area contributed by atoms with Crippen LogP contribution in [0.3, 0.4) is 0 Å². The maximum Gasteiger partial charge on any atom is 0.306 e. The van der Waals surface area contributed by atoms with Crippen LogP contribution in [0, 0.1) is 17.8 Å². The van der Waals surface area contributed by atoms with Crippen LogP contribution in [-0.2, 0) is 25.5 Å². The molecule has 2 aromatic rings. The Morgan fingerprint density at radius 1 is 1.02 bits per heavy atom. The summed E-state index contributed by atoms with van der Waals surface area (Å²) in [7, 11) is 3.82. The second-order valence-electron chi connectivity index (χ2n) is 14.9. The fourth-order valence-corrected chi connectivity index (χ4v) is 8.53. The number of thiazole rings is 1. The number of hydrogen-bond donors (Lipinski definition) is 3. The molecule has 1 aromatic heterocycles. The van der Waals surface area contributed by atoms with Gasteiger partial charge in [-0.2, -0.15) is 0 Å². The highest BCUT2D eigenvalue weighted by Crippen LogP contribution is 2.33. The lowest BCUT2D eigenvalue weighted by atomic mass is 9.92. The van der Waals surface area contributed by atoms with Gasteiger partial charge in [-0.1, -0.05) is 70.4 Å². The van der Waals surface area contributed by atoms with E-state index in [1.54, 1.807) is 12.3 Å². The van der Waals surface area contributed by atoms with E-state index >= 15 is 0 Å². The standard InChI is InChI=1S/C39H59N5O6S/c1-7-50-33(37-41-30(24-51-37)35(45)40-29(21-26(4)39(48)49)22-27-15-9-8-10-16-27)23-32(25(2)3)44(6)38(47)34(28-17-11-12-18-28)42-36(46)31-19-13-14-20-43(31)5/h8-10,15-16,24-26,28-29,31-34H,7,11-14,17-23H2,1-6H3,(H,40,45)(H,42,46)(H,48,49)/t26-,29+,31?,32+,33+,34?/m0/s1. The van der Waals surface area contributed by atoms with Crippen molar-refractivity contribution < 1.29 is 29.0 Å². The number of nitrogens with zero attached hydrogens (tertiary/aromatic N) is 3. The maximum atomic E-state index is 14.4. The zero-order valence-corrected chi connectivity index (χ0v) is 32.1. The van der Waals surface area contributed by atoms with Crippen molar-refractivity contribution in [3.05, 3.63) is 52.0 Å². The first-order valence-corrected chi connectivity index (χ1v) is 19.7. The predicted octanol–water partition coefficient (Wildman–Crippen LogP) is 5.71. The maximum absolute atomic E-state index is 14.4. The van der Waals surface area contributed by atoms with Crippen LogP contribution in [0.15, 0.2) is 35.7 Å². The molecule has 6 atom stereocenters. The number of benzene rings is 1. The summed E-state index contributed by atoms with van der Waals surface area (Å²) in [5, 5.41) is 18.2. The third-order valence-corrected chi connectivity index (χ3v) is 11.6. The van der Waals surface area contributed by atoms with Gasteiger partial charge in [-0.05, 0) is 76.4 Å². The zero-order chi connectivity index (χ0) is 37.1. The smallest absolute Gasteiger partial charge is 0.306 e. The van der Waals surface area contributed by atoms with E-state index in [1.165, 1.54) is 11.3 Å². The molecule has 0 spiro atoms. The molecule has 3 amide bonds. The molecule has 1 aromatic carbocycles. The number of carbonyl (C=O) groups is 4. The Morgan fingerprint density at radius 3 is 2.33 bits per heavy atom. The first-order valence-electron chi connectivity index (χ1n) is 18.8. The molecule has 2 fully saturated rings. The minimum atomic E-state index is -0.908. The SMILES string of the molecule is CCO[C@H](C[C@H](C(C)C)N(C)C(=O)C(NC(=O)C1CCCCN1C)C1CCCC1)c1nc(C(=O)N[C@@H](Cc2ccccc2)C[C@H](C)C(=O)O)cs1. The number of amides is 3. The number of rotatable bonds is 18. The third-order valence-electron chi connectivity index (χ3n) is 10.7. The van der Waals surface area contributed by atoms with Gasteiger partial charge in [0, 0.05) is 37.5 Å². The number of carbonyl (C=O) groups excluding carboxylic acids is 3. The summed E-state index contributed by atoms with van der Waals surface area (Å²) in [5.41, 5.74) is 1.26. The third kappa shape index (κ3) is 11.3. The van der Waals surface area contributed by atoms with E-state index in [2.05, 4.69) is 29.4 Å². The zero-order valence-electron chi connectivity index (χ0n) is 31.3. The molecule has 2 aliphatic rings. The minimum Gasteiger partial charge on any atom is -0.481 e.